The predicted octanol–water partition coefficient (Wildman–Crippen LogP) is 1.48. The molecule has 3 atom stereocenters. The lowest BCUT2D eigenvalue weighted by molar-refractivity contribution is 0.0250. The molecule has 0 spiro atoms. The van der Waals surface area contributed by atoms with E-state index in [-0.39, 0.29) is 18.3 Å². The van der Waals surface area contributed by atoms with Crippen LogP contribution in [0.3, 0.4) is 0 Å². The quantitative estimate of drug-likeness (QED) is 0.577. The molecule has 0 aliphatic heterocycles. The largest absolute Gasteiger partial charge is 0.389 e. The van der Waals surface area contributed by atoms with E-state index in [1.165, 1.54) is 0 Å². The van der Waals surface area contributed by atoms with Crippen molar-refractivity contribution in [1.82, 2.24) is 0 Å². The van der Waals surface area contributed by atoms with Gasteiger partial charge in [0.1, 0.15) is 0 Å². The van der Waals surface area contributed by atoms with E-state index >= 15 is 0 Å². The van der Waals surface area contributed by atoms with Gasteiger partial charge in [-0.25, -0.2) is 0 Å². The Kier molecular flexibility index (Phi) is 3.55. The lowest BCUT2D eigenvalue weighted by Gasteiger charge is -2.15. The standard InChI is InChI=1S/C8H13BrO2/c1-6(5-9)11-8-3-2-7(10)4-8/h2-3,6-8,10H,4-5H2,1H3/t6?,7-,8+/m1/s1. The number of alkyl halides is 1. The highest BCUT2D eigenvalue weighted by Crippen LogP contribution is 2.15. The van der Waals surface area contributed by atoms with Gasteiger partial charge in [0.05, 0.1) is 18.3 Å². The molecule has 1 aliphatic carbocycles. The molecule has 3 heteroatoms. The number of aliphatic hydroxyl groups is 1. The summed E-state index contributed by atoms with van der Waals surface area (Å²) in [5.74, 6) is 0. The maximum absolute atomic E-state index is 9.11. The minimum absolute atomic E-state index is 0.109. The SMILES string of the molecule is CC(CBr)O[C@H]1C=C[C@@H](O)C1. The Balaban J connectivity index is 2.24. The molecule has 0 radical (unpaired) electrons. The predicted molar refractivity (Wildman–Crippen MR) is 47.9 cm³/mol. The fraction of sp³-hybridized carbons (Fsp3) is 0.750. The summed E-state index contributed by atoms with van der Waals surface area (Å²) >= 11 is 3.33. The van der Waals surface area contributed by atoms with Crippen molar-refractivity contribution < 1.29 is 9.84 Å². The third-order valence-electron chi connectivity index (χ3n) is 1.65. The second-order valence-corrected chi connectivity index (χ2v) is 3.47. The molecule has 11 heavy (non-hydrogen) atoms. The minimum atomic E-state index is -0.303. The van der Waals surface area contributed by atoms with Crippen LogP contribution in [0.2, 0.25) is 0 Å². The Hall–Kier alpha value is 0.140. The van der Waals surface area contributed by atoms with Crippen LogP contribution in [0.5, 0.6) is 0 Å². The van der Waals surface area contributed by atoms with Gasteiger partial charge in [-0.15, -0.1) is 0 Å². The molecule has 0 amide bonds. The summed E-state index contributed by atoms with van der Waals surface area (Å²) in [5.41, 5.74) is 0. The molecule has 0 saturated carbocycles. The molecule has 1 aliphatic rings. The minimum Gasteiger partial charge on any atom is -0.389 e. The van der Waals surface area contributed by atoms with Crippen LogP contribution in [0.1, 0.15) is 13.3 Å². The summed E-state index contributed by atoms with van der Waals surface area (Å²) in [4.78, 5) is 0. The fourth-order valence-electron chi connectivity index (χ4n) is 1.08. The Morgan fingerprint density at radius 2 is 2.45 bits per heavy atom. The maximum Gasteiger partial charge on any atom is 0.0788 e. The Bertz CT molecular complexity index is 147. The van der Waals surface area contributed by atoms with Crippen LogP contribution >= 0.6 is 15.9 Å². The zero-order valence-electron chi connectivity index (χ0n) is 6.53. The zero-order valence-corrected chi connectivity index (χ0v) is 8.12. The van der Waals surface area contributed by atoms with E-state index in [1.54, 1.807) is 6.08 Å². The molecule has 0 aromatic carbocycles. The lowest BCUT2D eigenvalue weighted by Crippen LogP contribution is -2.19. The smallest absolute Gasteiger partial charge is 0.0788 e. The third kappa shape index (κ3) is 2.93. The summed E-state index contributed by atoms with van der Waals surface area (Å²) in [6.45, 7) is 2.01. The molecular weight excluding hydrogens is 208 g/mol. The average Bonchev–Trinajstić information content (AvgIpc) is 2.35. The number of rotatable bonds is 3. The van der Waals surface area contributed by atoms with Crippen molar-refractivity contribution in [2.24, 2.45) is 0 Å². The first-order chi connectivity index (χ1) is 5.22. The molecular formula is C8H13BrO2. The summed E-state index contributed by atoms with van der Waals surface area (Å²) in [7, 11) is 0. The van der Waals surface area contributed by atoms with Crippen molar-refractivity contribution >= 4 is 15.9 Å². The van der Waals surface area contributed by atoms with Crippen LogP contribution in [-0.2, 0) is 4.74 Å². The number of hydrogen-bond donors (Lipinski definition) is 1. The highest BCUT2D eigenvalue weighted by atomic mass is 79.9. The summed E-state index contributed by atoms with van der Waals surface area (Å²) < 4.78 is 5.54. The van der Waals surface area contributed by atoms with Crippen LogP contribution in [0.15, 0.2) is 12.2 Å². The molecule has 0 heterocycles. The Labute approximate surface area is 75.4 Å². The Morgan fingerprint density at radius 1 is 1.73 bits per heavy atom. The Morgan fingerprint density at radius 3 is 2.91 bits per heavy atom. The average molecular weight is 221 g/mol. The molecule has 0 bridgehead atoms. The molecule has 64 valence electrons. The molecule has 0 saturated heterocycles. The van der Waals surface area contributed by atoms with Gasteiger partial charge in [-0.2, -0.15) is 0 Å². The van der Waals surface area contributed by atoms with E-state index in [0.717, 1.165) is 5.33 Å². The molecule has 0 aromatic rings. The molecule has 1 unspecified atom stereocenters. The van der Waals surface area contributed by atoms with E-state index in [4.69, 9.17) is 9.84 Å². The molecule has 2 nitrogen and oxygen atoms in total. The number of ether oxygens (including phenoxy) is 1. The fourth-order valence-corrected chi connectivity index (χ4v) is 1.24. The first-order valence-corrected chi connectivity index (χ1v) is 4.92. The zero-order chi connectivity index (χ0) is 8.27. The van der Waals surface area contributed by atoms with Crippen molar-refractivity contribution in [3.05, 3.63) is 12.2 Å². The van der Waals surface area contributed by atoms with Gasteiger partial charge in [0.25, 0.3) is 0 Å². The van der Waals surface area contributed by atoms with E-state index in [2.05, 4.69) is 15.9 Å². The van der Waals surface area contributed by atoms with Gasteiger partial charge in [0.2, 0.25) is 0 Å². The number of halogens is 1. The summed E-state index contributed by atoms with van der Waals surface area (Å²) in [5, 5.41) is 9.95. The van der Waals surface area contributed by atoms with E-state index < -0.39 is 0 Å². The number of aliphatic hydroxyl groups excluding tert-OH is 1. The highest BCUT2D eigenvalue weighted by Gasteiger charge is 2.18. The molecule has 0 aromatic heterocycles. The van der Waals surface area contributed by atoms with Crippen molar-refractivity contribution in [2.75, 3.05) is 5.33 Å². The highest BCUT2D eigenvalue weighted by molar-refractivity contribution is 9.09. The van der Waals surface area contributed by atoms with Gasteiger partial charge in [0.15, 0.2) is 0 Å². The van der Waals surface area contributed by atoms with Crippen LogP contribution < -0.4 is 0 Å². The first-order valence-electron chi connectivity index (χ1n) is 3.80. The van der Waals surface area contributed by atoms with Crippen molar-refractivity contribution in [3.8, 4) is 0 Å². The van der Waals surface area contributed by atoms with Crippen molar-refractivity contribution in [3.63, 3.8) is 0 Å². The van der Waals surface area contributed by atoms with Crippen LogP contribution in [0, 0.1) is 0 Å². The number of hydrogen-bond acceptors (Lipinski definition) is 2. The van der Waals surface area contributed by atoms with Gasteiger partial charge in [-0.1, -0.05) is 28.1 Å². The van der Waals surface area contributed by atoms with Gasteiger partial charge in [0, 0.05) is 11.8 Å². The van der Waals surface area contributed by atoms with E-state index in [1.807, 2.05) is 13.0 Å². The summed E-state index contributed by atoms with van der Waals surface area (Å²) in [6, 6.07) is 0. The molecule has 1 N–H and O–H groups in total. The van der Waals surface area contributed by atoms with Gasteiger partial charge in [-0.05, 0) is 6.92 Å². The molecule has 0 fully saturated rings. The monoisotopic (exact) mass is 220 g/mol. The summed E-state index contributed by atoms with van der Waals surface area (Å²) in [6.07, 6.45) is 4.43. The third-order valence-corrected chi connectivity index (χ3v) is 2.56. The van der Waals surface area contributed by atoms with Gasteiger partial charge < -0.3 is 9.84 Å². The van der Waals surface area contributed by atoms with E-state index in [9.17, 15) is 0 Å². The van der Waals surface area contributed by atoms with E-state index in [0.29, 0.717) is 6.42 Å². The normalized spacial score (nSPS) is 32.6. The van der Waals surface area contributed by atoms with Crippen LogP contribution in [0.25, 0.3) is 0 Å². The van der Waals surface area contributed by atoms with Gasteiger partial charge >= 0.3 is 0 Å². The second-order valence-electron chi connectivity index (χ2n) is 2.83. The van der Waals surface area contributed by atoms with Crippen LogP contribution in [0.4, 0.5) is 0 Å². The van der Waals surface area contributed by atoms with Crippen molar-refractivity contribution in [1.29, 1.82) is 0 Å². The van der Waals surface area contributed by atoms with Crippen LogP contribution in [-0.4, -0.2) is 28.7 Å². The topological polar surface area (TPSA) is 29.5 Å². The maximum atomic E-state index is 9.11. The van der Waals surface area contributed by atoms with Crippen molar-refractivity contribution in [2.45, 2.75) is 31.7 Å². The first kappa shape index (κ1) is 9.23. The molecule has 1 rings (SSSR count). The second kappa shape index (κ2) is 4.24. The van der Waals surface area contributed by atoms with Gasteiger partial charge in [-0.3, -0.25) is 0 Å². The lowest BCUT2D eigenvalue weighted by atomic mass is 10.3.